The predicted octanol–water partition coefficient (Wildman–Crippen LogP) is 3.35. The Hall–Kier alpha value is -1.35. The van der Waals surface area contributed by atoms with Gasteiger partial charge in [-0.2, -0.15) is 0 Å². The molecule has 0 aromatic heterocycles. The highest BCUT2D eigenvalue weighted by Crippen LogP contribution is 2.42. The van der Waals surface area contributed by atoms with E-state index in [1.54, 1.807) is 0 Å². The van der Waals surface area contributed by atoms with Crippen LogP contribution in [0.3, 0.4) is 0 Å². The molecule has 3 atom stereocenters. The highest BCUT2D eigenvalue weighted by Gasteiger charge is 2.33. The fourth-order valence-electron chi connectivity index (χ4n) is 4.24. The van der Waals surface area contributed by atoms with Crippen LogP contribution in [0.25, 0.3) is 0 Å². The van der Waals surface area contributed by atoms with Crippen LogP contribution in [0.15, 0.2) is 24.3 Å². The Labute approximate surface area is 140 Å². The van der Waals surface area contributed by atoms with Gasteiger partial charge in [0.2, 0.25) is 5.91 Å². The first-order chi connectivity index (χ1) is 11.0. The third-order valence-electron chi connectivity index (χ3n) is 5.76. The lowest BCUT2D eigenvalue weighted by Crippen LogP contribution is -2.43. The molecule has 3 nitrogen and oxygen atoms in total. The molecule has 1 aliphatic heterocycles. The number of rotatable bonds is 3. The zero-order valence-electron chi connectivity index (χ0n) is 14.7. The Morgan fingerprint density at radius 2 is 2.09 bits per heavy atom. The summed E-state index contributed by atoms with van der Waals surface area (Å²) in [4.78, 5) is 12.5. The van der Waals surface area contributed by atoms with Gasteiger partial charge in [0.1, 0.15) is 0 Å². The highest BCUT2D eigenvalue weighted by atomic mass is 16.1. The lowest BCUT2D eigenvalue weighted by molar-refractivity contribution is -0.126. The van der Waals surface area contributed by atoms with E-state index in [2.05, 4.69) is 55.7 Å². The lowest BCUT2D eigenvalue weighted by Gasteiger charge is -2.37. The van der Waals surface area contributed by atoms with Crippen LogP contribution in [-0.4, -0.2) is 25.0 Å². The van der Waals surface area contributed by atoms with Gasteiger partial charge in [-0.05, 0) is 55.7 Å². The van der Waals surface area contributed by atoms with E-state index >= 15 is 0 Å². The van der Waals surface area contributed by atoms with E-state index in [4.69, 9.17) is 0 Å². The molecular weight excluding hydrogens is 284 g/mol. The molecule has 126 valence electrons. The van der Waals surface area contributed by atoms with Gasteiger partial charge in [-0.25, -0.2) is 0 Å². The average Bonchev–Trinajstić information content (AvgIpc) is 2.54. The quantitative estimate of drug-likeness (QED) is 0.898. The number of piperidine rings is 1. The third-order valence-corrected chi connectivity index (χ3v) is 5.76. The molecule has 1 aliphatic carbocycles. The molecule has 3 rings (SSSR count). The fraction of sp³-hybridized carbons (Fsp3) is 0.650. The van der Waals surface area contributed by atoms with Gasteiger partial charge in [-0.3, -0.25) is 4.79 Å². The first kappa shape index (κ1) is 16.5. The summed E-state index contributed by atoms with van der Waals surface area (Å²) in [7, 11) is 0. The summed E-state index contributed by atoms with van der Waals surface area (Å²) < 4.78 is 0. The largest absolute Gasteiger partial charge is 0.355 e. The first-order valence-corrected chi connectivity index (χ1v) is 9.08. The van der Waals surface area contributed by atoms with Gasteiger partial charge >= 0.3 is 0 Å². The molecule has 23 heavy (non-hydrogen) atoms. The van der Waals surface area contributed by atoms with Crippen molar-refractivity contribution in [3.63, 3.8) is 0 Å². The van der Waals surface area contributed by atoms with E-state index in [1.807, 2.05) is 0 Å². The molecule has 1 amide bonds. The van der Waals surface area contributed by atoms with Crippen molar-refractivity contribution >= 4 is 5.91 Å². The van der Waals surface area contributed by atoms with Crippen molar-refractivity contribution in [1.82, 2.24) is 10.6 Å². The zero-order valence-corrected chi connectivity index (χ0v) is 14.7. The van der Waals surface area contributed by atoms with Gasteiger partial charge < -0.3 is 10.6 Å². The molecule has 1 unspecified atom stereocenters. The number of hydrogen-bond donors (Lipinski definition) is 2. The van der Waals surface area contributed by atoms with Crippen LogP contribution < -0.4 is 10.6 Å². The molecule has 3 heteroatoms. The normalized spacial score (nSPS) is 29.6. The minimum atomic E-state index is 0.182. The fourth-order valence-corrected chi connectivity index (χ4v) is 4.24. The van der Waals surface area contributed by atoms with Crippen molar-refractivity contribution in [3.05, 3.63) is 35.4 Å². The Balaban J connectivity index is 1.64. The molecule has 0 radical (unpaired) electrons. The van der Waals surface area contributed by atoms with Gasteiger partial charge in [0, 0.05) is 24.4 Å². The van der Waals surface area contributed by atoms with Gasteiger partial charge in [0.15, 0.2) is 0 Å². The summed E-state index contributed by atoms with van der Waals surface area (Å²) in [6, 6.07) is 9.23. The molecule has 1 heterocycles. The lowest BCUT2D eigenvalue weighted by atomic mass is 9.69. The second kappa shape index (κ2) is 6.64. The Bertz CT molecular complexity index is 567. The van der Waals surface area contributed by atoms with E-state index < -0.39 is 0 Å². The minimum Gasteiger partial charge on any atom is -0.355 e. The summed E-state index contributed by atoms with van der Waals surface area (Å²) >= 11 is 0. The van der Waals surface area contributed by atoms with Crippen molar-refractivity contribution in [2.24, 2.45) is 5.92 Å². The van der Waals surface area contributed by atoms with Crippen LogP contribution in [0, 0.1) is 5.92 Å². The Kier molecular flexibility index (Phi) is 4.77. The van der Waals surface area contributed by atoms with Gasteiger partial charge in [-0.15, -0.1) is 0 Å². The second-order valence-corrected chi connectivity index (χ2v) is 8.03. The van der Waals surface area contributed by atoms with Gasteiger partial charge in [0.05, 0.1) is 0 Å². The number of carbonyl (C=O) groups excluding carboxylic acids is 1. The van der Waals surface area contributed by atoms with Crippen LogP contribution >= 0.6 is 0 Å². The SMILES string of the molecule is C[C@H]1C[C@@H](C(=O)NCC2CCC(C)(C)c3ccccc32)CCN1. The second-order valence-electron chi connectivity index (χ2n) is 8.03. The monoisotopic (exact) mass is 314 g/mol. The summed E-state index contributed by atoms with van der Waals surface area (Å²) in [6.07, 6.45) is 4.27. The standard InChI is InChI=1S/C20H30N2O/c1-14-12-15(9-11-21-14)19(23)22-13-16-8-10-20(2,3)18-7-5-4-6-17(16)18/h4-7,14-16,21H,8-13H2,1-3H3,(H,22,23)/t14-,15-,16?/m0/s1. The molecule has 0 saturated carbocycles. The maximum atomic E-state index is 12.5. The van der Waals surface area contributed by atoms with Crippen LogP contribution in [-0.2, 0) is 10.2 Å². The van der Waals surface area contributed by atoms with Crippen LogP contribution in [0.2, 0.25) is 0 Å². The average molecular weight is 314 g/mol. The number of benzene rings is 1. The van der Waals surface area contributed by atoms with Crippen molar-refractivity contribution in [2.75, 3.05) is 13.1 Å². The zero-order chi connectivity index (χ0) is 16.4. The number of amides is 1. The predicted molar refractivity (Wildman–Crippen MR) is 94.6 cm³/mol. The molecule has 1 aromatic carbocycles. The maximum Gasteiger partial charge on any atom is 0.223 e. The molecule has 2 aliphatic rings. The highest BCUT2D eigenvalue weighted by molar-refractivity contribution is 5.78. The molecule has 0 spiro atoms. The molecule has 2 N–H and O–H groups in total. The molecule has 1 fully saturated rings. The summed E-state index contributed by atoms with van der Waals surface area (Å²) in [5.74, 6) is 0.893. The van der Waals surface area contributed by atoms with Crippen molar-refractivity contribution in [2.45, 2.75) is 63.8 Å². The Morgan fingerprint density at radius 1 is 1.30 bits per heavy atom. The van der Waals surface area contributed by atoms with Crippen LogP contribution in [0.5, 0.6) is 0 Å². The third kappa shape index (κ3) is 3.60. The number of fused-ring (bicyclic) bond motifs is 1. The van der Waals surface area contributed by atoms with E-state index in [0.717, 1.165) is 32.4 Å². The van der Waals surface area contributed by atoms with Crippen molar-refractivity contribution < 1.29 is 4.79 Å². The molecular formula is C20H30N2O. The molecule has 0 bridgehead atoms. The van der Waals surface area contributed by atoms with Crippen LogP contribution in [0.4, 0.5) is 0 Å². The minimum absolute atomic E-state index is 0.182. The molecule has 1 aromatic rings. The smallest absolute Gasteiger partial charge is 0.223 e. The summed E-state index contributed by atoms with van der Waals surface area (Å²) in [6.45, 7) is 8.57. The van der Waals surface area contributed by atoms with E-state index in [-0.39, 0.29) is 17.2 Å². The number of carbonyl (C=O) groups is 1. The van der Waals surface area contributed by atoms with Gasteiger partial charge in [0.25, 0.3) is 0 Å². The summed E-state index contributed by atoms with van der Waals surface area (Å²) in [5, 5.41) is 6.66. The first-order valence-electron chi connectivity index (χ1n) is 9.08. The maximum absolute atomic E-state index is 12.5. The van der Waals surface area contributed by atoms with Crippen LogP contribution in [0.1, 0.15) is 63.5 Å². The molecule has 1 saturated heterocycles. The number of hydrogen-bond acceptors (Lipinski definition) is 2. The number of nitrogens with one attached hydrogen (secondary N) is 2. The topological polar surface area (TPSA) is 41.1 Å². The Morgan fingerprint density at radius 3 is 2.87 bits per heavy atom. The van der Waals surface area contributed by atoms with E-state index in [1.165, 1.54) is 17.5 Å². The van der Waals surface area contributed by atoms with Crippen molar-refractivity contribution in [3.8, 4) is 0 Å². The van der Waals surface area contributed by atoms with Crippen molar-refractivity contribution in [1.29, 1.82) is 0 Å². The van der Waals surface area contributed by atoms with E-state index in [0.29, 0.717) is 12.0 Å². The summed E-state index contributed by atoms with van der Waals surface area (Å²) in [5.41, 5.74) is 3.14. The van der Waals surface area contributed by atoms with E-state index in [9.17, 15) is 4.79 Å². The van der Waals surface area contributed by atoms with Gasteiger partial charge in [-0.1, -0.05) is 38.1 Å².